The normalized spacial score (nSPS) is 33.9. The molecular formula is C14H19N2O5+. The van der Waals surface area contributed by atoms with Crippen LogP contribution in [0.15, 0.2) is 24.5 Å². The first kappa shape index (κ1) is 14.4. The van der Waals surface area contributed by atoms with E-state index in [1.165, 1.54) is 0 Å². The van der Waals surface area contributed by atoms with Gasteiger partial charge in [0.15, 0.2) is 24.3 Å². The Kier molecular flexibility index (Phi) is 3.45. The minimum atomic E-state index is -0.730. The molecular weight excluding hydrogens is 276 g/mol. The summed E-state index contributed by atoms with van der Waals surface area (Å²) < 4.78 is 19.2. The second-order valence-corrected chi connectivity index (χ2v) is 5.72. The average molecular weight is 295 g/mol. The van der Waals surface area contributed by atoms with Gasteiger partial charge in [-0.15, -0.1) is 0 Å². The second-order valence-electron chi connectivity index (χ2n) is 5.72. The maximum absolute atomic E-state index is 11.3. The molecule has 2 fully saturated rings. The van der Waals surface area contributed by atoms with Crippen LogP contribution in [-0.2, 0) is 14.2 Å². The highest BCUT2D eigenvalue weighted by Crippen LogP contribution is 2.40. The molecule has 1 aromatic heterocycles. The third-order valence-electron chi connectivity index (χ3n) is 3.71. The topological polar surface area (TPSA) is 94.9 Å². The predicted octanol–water partition coefficient (Wildman–Crippen LogP) is -0.517. The van der Waals surface area contributed by atoms with Gasteiger partial charge in [0.1, 0.15) is 17.8 Å². The van der Waals surface area contributed by atoms with Crippen LogP contribution in [0.25, 0.3) is 0 Å². The zero-order valence-electron chi connectivity index (χ0n) is 11.9. The zero-order chi connectivity index (χ0) is 15.2. The molecule has 0 saturated carbocycles. The molecule has 1 amide bonds. The van der Waals surface area contributed by atoms with E-state index in [1.807, 2.05) is 13.8 Å². The third kappa shape index (κ3) is 2.53. The summed E-state index contributed by atoms with van der Waals surface area (Å²) in [6.45, 7) is 3.48. The lowest BCUT2D eigenvalue weighted by molar-refractivity contribution is -0.766. The Morgan fingerprint density at radius 2 is 2.14 bits per heavy atom. The maximum Gasteiger partial charge on any atom is 0.292 e. The molecule has 114 valence electrons. The molecule has 2 aliphatic heterocycles. The number of hydrogen-bond donors (Lipinski definition) is 2. The highest BCUT2D eigenvalue weighted by atomic mass is 16.8. The van der Waals surface area contributed by atoms with E-state index in [9.17, 15) is 9.90 Å². The first-order valence-corrected chi connectivity index (χ1v) is 6.84. The molecule has 0 bridgehead atoms. The molecule has 0 aliphatic carbocycles. The summed E-state index contributed by atoms with van der Waals surface area (Å²) in [7, 11) is 0. The Labute approximate surface area is 122 Å². The Balaban J connectivity index is 1.92. The van der Waals surface area contributed by atoms with Gasteiger partial charge in [0, 0.05) is 6.07 Å². The lowest BCUT2D eigenvalue weighted by atomic mass is 10.1. The first-order chi connectivity index (χ1) is 9.91. The SMILES string of the molecule is CC1(C)OC2[C@H](O1)C(CO)O[C@H]2[n+]1cccc(C(N)=O)c1. The van der Waals surface area contributed by atoms with Crippen molar-refractivity contribution in [3.8, 4) is 0 Å². The van der Waals surface area contributed by atoms with Crippen LogP contribution in [0.1, 0.15) is 30.4 Å². The molecule has 0 spiro atoms. The molecule has 7 nitrogen and oxygen atoms in total. The lowest BCUT2D eigenvalue weighted by Gasteiger charge is -2.21. The monoisotopic (exact) mass is 295 g/mol. The van der Waals surface area contributed by atoms with E-state index in [0.29, 0.717) is 5.56 Å². The van der Waals surface area contributed by atoms with Crippen molar-refractivity contribution < 1.29 is 28.7 Å². The second kappa shape index (κ2) is 5.03. The molecule has 2 saturated heterocycles. The fraction of sp³-hybridized carbons (Fsp3) is 0.571. The van der Waals surface area contributed by atoms with E-state index in [-0.39, 0.29) is 18.8 Å². The number of amides is 1. The van der Waals surface area contributed by atoms with Crippen molar-refractivity contribution in [3.63, 3.8) is 0 Å². The van der Waals surface area contributed by atoms with Gasteiger partial charge < -0.3 is 25.1 Å². The summed E-state index contributed by atoms with van der Waals surface area (Å²) in [5.41, 5.74) is 5.67. The van der Waals surface area contributed by atoms with Gasteiger partial charge in [-0.3, -0.25) is 4.79 Å². The number of nitrogens with zero attached hydrogens (tertiary/aromatic N) is 1. The number of rotatable bonds is 3. The van der Waals surface area contributed by atoms with Gasteiger partial charge in [0.25, 0.3) is 12.1 Å². The van der Waals surface area contributed by atoms with Crippen LogP contribution in [0.4, 0.5) is 0 Å². The van der Waals surface area contributed by atoms with E-state index in [0.717, 1.165) is 0 Å². The fourth-order valence-corrected chi connectivity index (χ4v) is 2.84. The number of aliphatic hydroxyl groups excluding tert-OH is 1. The van der Waals surface area contributed by atoms with Crippen LogP contribution < -0.4 is 10.3 Å². The molecule has 0 aromatic carbocycles. The molecule has 3 N–H and O–H groups in total. The number of nitrogens with two attached hydrogens (primary N) is 1. The molecule has 7 heteroatoms. The van der Waals surface area contributed by atoms with Crippen LogP contribution in [0.5, 0.6) is 0 Å². The van der Waals surface area contributed by atoms with Crippen LogP contribution >= 0.6 is 0 Å². The number of primary amides is 1. The van der Waals surface area contributed by atoms with E-state index in [1.54, 1.807) is 29.1 Å². The lowest BCUT2D eigenvalue weighted by Crippen LogP contribution is -2.46. The van der Waals surface area contributed by atoms with Gasteiger partial charge in [0.05, 0.1) is 6.61 Å². The van der Waals surface area contributed by atoms with E-state index >= 15 is 0 Å². The minimum absolute atomic E-state index is 0.160. The summed E-state index contributed by atoms with van der Waals surface area (Å²) in [6.07, 6.45) is 1.73. The molecule has 3 heterocycles. The van der Waals surface area contributed by atoms with Gasteiger partial charge in [-0.05, 0) is 19.9 Å². The maximum atomic E-state index is 11.3. The molecule has 3 rings (SSSR count). The van der Waals surface area contributed by atoms with Crippen molar-refractivity contribution in [1.29, 1.82) is 0 Å². The molecule has 0 radical (unpaired) electrons. The molecule has 2 aliphatic rings. The quantitative estimate of drug-likeness (QED) is 0.732. The van der Waals surface area contributed by atoms with E-state index in [4.69, 9.17) is 19.9 Å². The first-order valence-electron chi connectivity index (χ1n) is 6.84. The van der Waals surface area contributed by atoms with Gasteiger partial charge in [0.2, 0.25) is 0 Å². The number of carbonyl (C=O) groups is 1. The molecule has 21 heavy (non-hydrogen) atoms. The van der Waals surface area contributed by atoms with Crippen LogP contribution in [-0.4, -0.2) is 41.7 Å². The summed E-state index contributed by atoms with van der Waals surface area (Å²) in [6, 6.07) is 3.34. The largest absolute Gasteiger partial charge is 0.394 e. The summed E-state index contributed by atoms with van der Waals surface area (Å²) in [5, 5.41) is 9.45. The van der Waals surface area contributed by atoms with Gasteiger partial charge >= 0.3 is 0 Å². The number of hydrogen-bond acceptors (Lipinski definition) is 5. The average Bonchev–Trinajstić information content (AvgIpc) is 2.91. The number of ether oxygens (including phenoxy) is 3. The number of carbonyl (C=O) groups excluding carboxylic acids is 1. The molecule has 1 aromatic rings. The Bertz CT molecular complexity index is 562. The van der Waals surface area contributed by atoms with E-state index < -0.39 is 24.0 Å². The number of fused-ring (bicyclic) bond motifs is 1. The Morgan fingerprint density at radius 1 is 1.43 bits per heavy atom. The van der Waals surface area contributed by atoms with Crippen LogP contribution in [0.3, 0.4) is 0 Å². The van der Waals surface area contributed by atoms with Crippen molar-refractivity contribution in [1.82, 2.24) is 0 Å². The number of pyridine rings is 1. The smallest absolute Gasteiger partial charge is 0.292 e. The highest BCUT2D eigenvalue weighted by Gasteiger charge is 2.58. The minimum Gasteiger partial charge on any atom is -0.394 e. The predicted molar refractivity (Wildman–Crippen MR) is 70.0 cm³/mol. The molecule has 4 atom stereocenters. The van der Waals surface area contributed by atoms with Gasteiger partial charge in [-0.2, -0.15) is 4.57 Å². The zero-order valence-corrected chi connectivity index (χ0v) is 11.9. The number of aromatic nitrogens is 1. The van der Waals surface area contributed by atoms with Crippen molar-refractivity contribution in [3.05, 3.63) is 30.1 Å². The Morgan fingerprint density at radius 3 is 2.81 bits per heavy atom. The van der Waals surface area contributed by atoms with Crippen LogP contribution in [0.2, 0.25) is 0 Å². The highest BCUT2D eigenvalue weighted by molar-refractivity contribution is 5.92. The van der Waals surface area contributed by atoms with Crippen molar-refractivity contribution in [2.45, 2.75) is 44.2 Å². The Hall–Kier alpha value is -1.54. The van der Waals surface area contributed by atoms with Crippen molar-refractivity contribution in [2.24, 2.45) is 5.73 Å². The summed E-state index contributed by atoms with van der Waals surface area (Å²) >= 11 is 0. The third-order valence-corrected chi connectivity index (χ3v) is 3.71. The van der Waals surface area contributed by atoms with Gasteiger partial charge in [-0.25, -0.2) is 0 Å². The standard InChI is InChI=1S/C14H18N2O5/c1-14(2)20-10-9(7-17)19-13(11(10)21-14)16-5-3-4-8(6-16)12(15)18/h3-6,9-11,13,17H,7H2,1-2H3,(H-,15,18)/p+1/t9?,10-,11?,13-/m1/s1. The van der Waals surface area contributed by atoms with Crippen LogP contribution in [0, 0.1) is 0 Å². The molecule has 2 unspecified atom stereocenters. The fourth-order valence-electron chi connectivity index (χ4n) is 2.84. The number of aliphatic hydroxyl groups is 1. The summed E-state index contributed by atoms with van der Waals surface area (Å²) in [4.78, 5) is 11.3. The van der Waals surface area contributed by atoms with Gasteiger partial charge in [-0.1, -0.05) is 0 Å². The van der Waals surface area contributed by atoms with E-state index in [2.05, 4.69) is 0 Å². The van der Waals surface area contributed by atoms with Crippen molar-refractivity contribution in [2.75, 3.05) is 6.61 Å². The summed E-state index contributed by atoms with van der Waals surface area (Å²) in [5.74, 6) is -1.24. The van der Waals surface area contributed by atoms with Crippen molar-refractivity contribution >= 4 is 5.91 Å².